The van der Waals surface area contributed by atoms with Gasteiger partial charge in [-0.25, -0.2) is 0 Å². The van der Waals surface area contributed by atoms with Crippen molar-refractivity contribution in [3.8, 4) is 0 Å². The molecule has 7 nitrogen and oxygen atoms in total. The SMILES string of the molecule is Cc1nnnn1C(=Cc1ccccc1)C(=O)NC1CCC(O)CC1. The predicted molar refractivity (Wildman–Crippen MR) is 89.6 cm³/mol. The molecule has 1 saturated carbocycles. The number of aryl methyl sites for hydroxylation is 1. The van der Waals surface area contributed by atoms with E-state index in [4.69, 9.17) is 0 Å². The third-order valence-electron chi connectivity index (χ3n) is 4.22. The second-order valence-electron chi connectivity index (χ2n) is 6.06. The average Bonchev–Trinajstić information content (AvgIpc) is 3.01. The Balaban J connectivity index is 1.83. The molecule has 0 atom stereocenters. The number of rotatable bonds is 4. The summed E-state index contributed by atoms with van der Waals surface area (Å²) in [5, 5.41) is 24.1. The molecule has 1 fully saturated rings. The van der Waals surface area contributed by atoms with Gasteiger partial charge in [0.05, 0.1) is 6.10 Å². The van der Waals surface area contributed by atoms with Gasteiger partial charge in [0.1, 0.15) is 5.70 Å². The fourth-order valence-corrected chi connectivity index (χ4v) is 2.86. The summed E-state index contributed by atoms with van der Waals surface area (Å²) < 4.78 is 1.44. The lowest BCUT2D eigenvalue weighted by Gasteiger charge is -2.26. The number of aliphatic hydroxyl groups excluding tert-OH is 1. The zero-order chi connectivity index (χ0) is 16.9. The number of hydrogen-bond acceptors (Lipinski definition) is 5. The molecule has 126 valence electrons. The first-order valence-electron chi connectivity index (χ1n) is 8.14. The van der Waals surface area contributed by atoms with Crippen molar-refractivity contribution in [3.05, 3.63) is 41.7 Å². The van der Waals surface area contributed by atoms with E-state index in [0.717, 1.165) is 18.4 Å². The molecule has 1 aliphatic rings. The molecule has 7 heteroatoms. The number of carbonyl (C=O) groups is 1. The first-order valence-corrected chi connectivity index (χ1v) is 8.14. The first-order chi connectivity index (χ1) is 11.6. The molecule has 0 radical (unpaired) electrons. The Kier molecular flexibility index (Phi) is 5.00. The van der Waals surface area contributed by atoms with Gasteiger partial charge in [0.2, 0.25) is 0 Å². The maximum Gasteiger partial charge on any atom is 0.270 e. The molecule has 1 aromatic heterocycles. The van der Waals surface area contributed by atoms with E-state index in [2.05, 4.69) is 20.8 Å². The average molecular weight is 327 g/mol. The lowest BCUT2D eigenvalue weighted by Crippen LogP contribution is -2.39. The van der Waals surface area contributed by atoms with E-state index in [1.165, 1.54) is 4.68 Å². The van der Waals surface area contributed by atoms with E-state index in [0.29, 0.717) is 24.4 Å². The van der Waals surface area contributed by atoms with Crippen molar-refractivity contribution in [2.24, 2.45) is 0 Å². The standard InChI is InChI=1S/C17H21N5O2/c1-12-19-20-21-22(12)16(11-13-5-3-2-4-6-13)17(24)18-14-7-9-15(23)10-8-14/h2-6,11,14-15,23H,7-10H2,1H3,(H,18,24). The van der Waals surface area contributed by atoms with Crippen LogP contribution in [0.4, 0.5) is 0 Å². The van der Waals surface area contributed by atoms with Crippen LogP contribution in [-0.4, -0.2) is 43.4 Å². The number of benzene rings is 1. The largest absolute Gasteiger partial charge is 0.393 e. The van der Waals surface area contributed by atoms with Crippen molar-refractivity contribution in [2.45, 2.75) is 44.8 Å². The highest BCUT2D eigenvalue weighted by Crippen LogP contribution is 2.20. The summed E-state index contributed by atoms with van der Waals surface area (Å²) in [6.45, 7) is 1.75. The fourth-order valence-electron chi connectivity index (χ4n) is 2.86. The summed E-state index contributed by atoms with van der Waals surface area (Å²) in [4.78, 5) is 12.8. The molecule has 2 aromatic rings. The summed E-state index contributed by atoms with van der Waals surface area (Å²) in [5.74, 6) is 0.335. The zero-order valence-corrected chi connectivity index (χ0v) is 13.6. The lowest BCUT2D eigenvalue weighted by atomic mass is 9.93. The predicted octanol–water partition coefficient (Wildman–Crippen LogP) is 1.40. The van der Waals surface area contributed by atoms with Crippen LogP contribution in [0.3, 0.4) is 0 Å². The van der Waals surface area contributed by atoms with Gasteiger partial charge in [-0.1, -0.05) is 30.3 Å². The van der Waals surface area contributed by atoms with Crippen LogP contribution in [0.2, 0.25) is 0 Å². The normalized spacial score (nSPS) is 21.5. The van der Waals surface area contributed by atoms with Crippen LogP contribution in [0.15, 0.2) is 30.3 Å². The Bertz CT molecular complexity index is 718. The van der Waals surface area contributed by atoms with E-state index in [9.17, 15) is 9.90 Å². The molecule has 1 amide bonds. The molecular weight excluding hydrogens is 306 g/mol. The van der Waals surface area contributed by atoms with Crippen molar-refractivity contribution in [1.82, 2.24) is 25.5 Å². The second-order valence-corrected chi connectivity index (χ2v) is 6.06. The minimum Gasteiger partial charge on any atom is -0.393 e. The van der Waals surface area contributed by atoms with E-state index in [-0.39, 0.29) is 18.1 Å². The van der Waals surface area contributed by atoms with E-state index in [1.54, 1.807) is 13.0 Å². The minimum atomic E-state index is -0.251. The van der Waals surface area contributed by atoms with Crippen molar-refractivity contribution in [3.63, 3.8) is 0 Å². The number of nitrogens with one attached hydrogen (secondary N) is 1. The maximum absolute atomic E-state index is 12.8. The summed E-state index contributed by atoms with van der Waals surface area (Å²) in [7, 11) is 0. The van der Waals surface area contributed by atoms with Crippen LogP contribution in [-0.2, 0) is 4.79 Å². The van der Waals surface area contributed by atoms with Gasteiger partial charge in [-0.05, 0) is 54.7 Å². The number of aromatic nitrogens is 4. The van der Waals surface area contributed by atoms with Crippen LogP contribution in [0.1, 0.15) is 37.1 Å². The van der Waals surface area contributed by atoms with Crippen molar-refractivity contribution < 1.29 is 9.90 Å². The Hall–Kier alpha value is -2.54. The Morgan fingerprint density at radius 3 is 2.58 bits per heavy atom. The maximum atomic E-state index is 12.8. The molecule has 0 aliphatic heterocycles. The van der Waals surface area contributed by atoms with Gasteiger partial charge in [-0.2, -0.15) is 4.68 Å². The molecule has 1 heterocycles. The van der Waals surface area contributed by atoms with Gasteiger partial charge in [0.25, 0.3) is 5.91 Å². The molecule has 3 rings (SSSR count). The van der Waals surface area contributed by atoms with Gasteiger partial charge in [-0.15, -0.1) is 5.10 Å². The monoisotopic (exact) mass is 327 g/mol. The van der Waals surface area contributed by atoms with Gasteiger partial charge < -0.3 is 10.4 Å². The second kappa shape index (κ2) is 7.35. The highest BCUT2D eigenvalue weighted by Gasteiger charge is 2.23. The van der Waals surface area contributed by atoms with Crippen molar-refractivity contribution in [2.75, 3.05) is 0 Å². The molecule has 1 aliphatic carbocycles. The Labute approximate surface area is 140 Å². The Morgan fingerprint density at radius 1 is 1.25 bits per heavy atom. The molecule has 1 aromatic carbocycles. The van der Waals surface area contributed by atoms with Crippen LogP contribution in [0, 0.1) is 6.92 Å². The van der Waals surface area contributed by atoms with E-state index >= 15 is 0 Å². The van der Waals surface area contributed by atoms with Gasteiger partial charge >= 0.3 is 0 Å². The highest BCUT2D eigenvalue weighted by molar-refractivity contribution is 6.18. The van der Waals surface area contributed by atoms with E-state index in [1.807, 2.05) is 30.3 Å². The number of aliphatic hydroxyl groups is 1. The van der Waals surface area contributed by atoms with Crippen molar-refractivity contribution in [1.29, 1.82) is 0 Å². The number of hydrogen-bond donors (Lipinski definition) is 2. The molecule has 0 unspecified atom stereocenters. The number of nitrogens with zero attached hydrogens (tertiary/aromatic N) is 4. The van der Waals surface area contributed by atoms with Crippen LogP contribution in [0.5, 0.6) is 0 Å². The number of tetrazole rings is 1. The summed E-state index contributed by atoms with van der Waals surface area (Å²) in [5.41, 5.74) is 1.28. The van der Waals surface area contributed by atoms with Gasteiger partial charge in [-0.3, -0.25) is 4.79 Å². The topological polar surface area (TPSA) is 92.9 Å². The summed E-state index contributed by atoms with van der Waals surface area (Å²) in [6, 6.07) is 9.66. The summed E-state index contributed by atoms with van der Waals surface area (Å²) >= 11 is 0. The molecule has 24 heavy (non-hydrogen) atoms. The zero-order valence-electron chi connectivity index (χ0n) is 13.6. The smallest absolute Gasteiger partial charge is 0.270 e. The van der Waals surface area contributed by atoms with Gasteiger partial charge in [0, 0.05) is 6.04 Å². The third-order valence-corrected chi connectivity index (χ3v) is 4.22. The van der Waals surface area contributed by atoms with Crippen LogP contribution >= 0.6 is 0 Å². The molecule has 0 spiro atoms. The van der Waals surface area contributed by atoms with E-state index < -0.39 is 0 Å². The third kappa shape index (κ3) is 3.86. The summed E-state index contributed by atoms with van der Waals surface area (Å²) in [6.07, 6.45) is 4.51. The Morgan fingerprint density at radius 2 is 1.96 bits per heavy atom. The van der Waals surface area contributed by atoms with Gasteiger partial charge in [0.15, 0.2) is 5.82 Å². The van der Waals surface area contributed by atoms with Crippen molar-refractivity contribution >= 4 is 17.7 Å². The quantitative estimate of drug-likeness (QED) is 0.828. The number of amides is 1. The molecule has 0 bridgehead atoms. The number of carbonyl (C=O) groups excluding carboxylic acids is 1. The van der Waals surface area contributed by atoms with Crippen LogP contribution in [0.25, 0.3) is 11.8 Å². The molecule has 0 saturated heterocycles. The highest BCUT2D eigenvalue weighted by atomic mass is 16.3. The minimum absolute atomic E-state index is 0.0665. The fraction of sp³-hybridized carbons (Fsp3) is 0.412. The first kappa shape index (κ1) is 16.3. The van der Waals surface area contributed by atoms with Crippen LogP contribution < -0.4 is 5.32 Å². The lowest BCUT2D eigenvalue weighted by molar-refractivity contribution is -0.117. The molecule has 2 N–H and O–H groups in total. The molecular formula is C17H21N5O2.